The van der Waals surface area contributed by atoms with Crippen molar-refractivity contribution in [2.24, 2.45) is 0 Å². The highest BCUT2D eigenvalue weighted by atomic mass is 32.1. The summed E-state index contributed by atoms with van der Waals surface area (Å²) < 4.78 is 10.9. The molecule has 0 bridgehead atoms. The van der Waals surface area contributed by atoms with Gasteiger partial charge >= 0.3 is 0 Å². The van der Waals surface area contributed by atoms with Crippen LogP contribution in [0.5, 0.6) is 0 Å². The predicted octanol–water partition coefficient (Wildman–Crippen LogP) is 3.42. The average molecular weight is 493 g/mol. The molecule has 0 radical (unpaired) electrons. The Hall–Kier alpha value is -3.36. The Balaban J connectivity index is 1.42. The first-order valence-electron chi connectivity index (χ1n) is 11.8. The van der Waals surface area contributed by atoms with Crippen LogP contribution in [0.2, 0.25) is 0 Å². The number of nitrogens with zero attached hydrogens (tertiary/aromatic N) is 2. The zero-order valence-corrected chi connectivity index (χ0v) is 21.3. The highest BCUT2D eigenvalue weighted by Crippen LogP contribution is 2.31. The fourth-order valence-corrected chi connectivity index (χ4v) is 4.95. The largest absolute Gasteiger partial charge is 0.501 e. The number of hydrogen-bond donors (Lipinski definition) is 2. The molecular weight excluding hydrogens is 460 g/mol. The van der Waals surface area contributed by atoms with Gasteiger partial charge in [0.15, 0.2) is 0 Å². The van der Waals surface area contributed by atoms with E-state index in [-0.39, 0.29) is 12.3 Å². The number of likely N-dealkylation sites (N-methyl/N-ethyl adjacent to an activating group) is 1. The zero-order chi connectivity index (χ0) is 24.8. The third kappa shape index (κ3) is 6.01. The fourth-order valence-electron chi connectivity index (χ4n) is 3.88. The Morgan fingerprint density at radius 2 is 2.03 bits per heavy atom. The van der Waals surface area contributed by atoms with E-state index in [1.165, 1.54) is 11.3 Å². The molecule has 0 aliphatic heterocycles. The second-order valence-electron chi connectivity index (χ2n) is 8.47. The maximum atomic E-state index is 12.8. The molecule has 1 aliphatic rings. The van der Waals surface area contributed by atoms with Gasteiger partial charge in [0.2, 0.25) is 5.91 Å². The van der Waals surface area contributed by atoms with Gasteiger partial charge in [-0.05, 0) is 54.1 Å². The number of benzene rings is 1. The van der Waals surface area contributed by atoms with E-state index in [1.54, 1.807) is 7.11 Å². The van der Waals surface area contributed by atoms with Gasteiger partial charge < -0.3 is 25.4 Å². The Morgan fingerprint density at radius 3 is 2.77 bits per heavy atom. The van der Waals surface area contributed by atoms with E-state index in [2.05, 4.69) is 29.3 Å². The molecule has 3 aromatic rings. The number of hydrogen-bond acceptors (Lipinski definition) is 7. The van der Waals surface area contributed by atoms with Crippen LogP contribution in [0, 0.1) is 0 Å². The molecule has 0 spiro atoms. The maximum Gasteiger partial charge on any atom is 0.229 e. The van der Waals surface area contributed by atoms with Crippen molar-refractivity contribution < 1.29 is 14.3 Å². The van der Waals surface area contributed by atoms with Crippen molar-refractivity contribution in [1.29, 1.82) is 0 Å². The van der Waals surface area contributed by atoms with Crippen molar-refractivity contribution in [1.82, 2.24) is 4.98 Å². The molecule has 2 heterocycles. The molecule has 184 valence electrons. The van der Waals surface area contributed by atoms with Crippen LogP contribution in [0.15, 0.2) is 42.2 Å². The number of anilines is 3. The molecule has 1 amide bonds. The van der Waals surface area contributed by atoms with Gasteiger partial charge in [-0.1, -0.05) is 13.0 Å². The van der Waals surface area contributed by atoms with E-state index in [0.717, 1.165) is 62.4 Å². The topological polar surface area (TPSA) is 89.7 Å². The summed E-state index contributed by atoms with van der Waals surface area (Å²) >= 11 is 1.46. The van der Waals surface area contributed by atoms with Crippen molar-refractivity contribution in [2.75, 3.05) is 49.9 Å². The summed E-state index contributed by atoms with van der Waals surface area (Å²) in [6.07, 6.45) is 7.91. The highest BCUT2D eigenvalue weighted by molar-refractivity contribution is 7.19. The SMILES string of the molecule is CCCOCCN(C)c1ccc(NC(=O)Cc2sc3nc4c(cc3c2N)=CCC(OC)=CC=4)cc1. The third-order valence-electron chi connectivity index (χ3n) is 5.90. The molecule has 35 heavy (non-hydrogen) atoms. The van der Waals surface area contributed by atoms with Crippen LogP contribution in [0.1, 0.15) is 24.6 Å². The summed E-state index contributed by atoms with van der Waals surface area (Å²) in [5.41, 5.74) is 8.88. The van der Waals surface area contributed by atoms with Crippen LogP contribution in [0.3, 0.4) is 0 Å². The van der Waals surface area contributed by atoms with Crippen molar-refractivity contribution >= 4 is 56.7 Å². The van der Waals surface area contributed by atoms with Crippen LogP contribution in [-0.2, 0) is 20.7 Å². The fraction of sp³-hybridized carbons (Fsp3) is 0.333. The summed E-state index contributed by atoms with van der Waals surface area (Å²) in [6, 6.07) is 9.87. The standard InChI is InChI=1S/C27H32N4O3S/c1-4-14-34-15-13-31(2)20-8-6-19(7-9-20)29-25(32)17-24-26(28)22-16-18-5-10-21(33-3)11-12-23(18)30-27(22)35-24/h5-9,11-12,16H,4,10,13-15,17,28H2,1-3H3,(H,29,32). The Bertz CT molecular complexity index is 1350. The molecule has 8 heteroatoms. The van der Waals surface area contributed by atoms with Crippen molar-refractivity contribution in [3.8, 4) is 0 Å². The second-order valence-corrected chi connectivity index (χ2v) is 9.56. The quantitative estimate of drug-likeness (QED) is 0.422. The van der Waals surface area contributed by atoms with Gasteiger partial charge in [0.05, 0.1) is 36.9 Å². The van der Waals surface area contributed by atoms with Crippen LogP contribution < -0.4 is 26.5 Å². The Labute approximate surface area is 209 Å². The molecule has 0 unspecified atom stereocenters. The van der Waals surface area contributed by atoms with Gasteiger partial charge in [0.1, 0.15) is 4.83 Å². The number of pyridine rings is 1. The van der Waals surface area contributed by atoms with Gasteiger partial charge in [-0.15, -0.1) is 11.3 Å². The molecular formula is C27H32N4O3S. The van der Waals surface area contributed by atoms with E-state index < -0.39 is 0 Å². The number of allylic oxidation sites excluding steroid dienone is 2. The smallest absolute Gasteiger partial charge is 0.229 e. The Kier molecular flexibility index (Phi) is 8.05. The number of rotatable bonds is 10. The normalized spacial score (nSPS) is 12.7. The number of amides is 1. The minimum Gasteiger partial charge on any atom is -0.501 e. The minimum absolute atomic E-state index is 0.107. The molecule has 7 nitrogen and oxygen atoms in total. The Morgan fingerprint density at radius 1 is 1.23 bits per heavy atom. The number of ether oxygens (including phenoxy) is 2. The van der Waals surface area contributed by atoms with E-state index in [1.807, 2.05) is 43.5 Å². The highest BCUT2D eigenvalue weighted by Gasteiger charge is 2.15. The molecule has 2 aromatic heterocycles. The summed E-state index contributed by atoms with van der Waals surface area (Å²) in [7, 11) is 3.70. The van der Waals surface area contributed by atoms with Crippen molar-refractivity contribution in [3.63, 3.8) is 0 Å². The third-order valence-corrected chi connectivity index (χ3v) is 7.02. The average Bonchev–Trinajstić information content (AvgIpc) is 3.02. The monoisotopic (exact) mass is 492 g/mol. The molecule has 1 aliphatic carbocycles. The summed E-state index contributed by atoms with van der Waals surface area (Å²) in [5.74, 6) is 0.780. The number of methoxy groups -OCH3 is 1. The zero-order valence-electron chi connectivity index (χ0n) is 20.5. The lowest BCUT2D eigenvalue weighted by atomic mass is 10.2. The summed E-state index contributed by atoms with van der Waals surface area (Å²) in [6.45, 7) is 4.39. The van der Waals surface area contributed by atoms with Crippen LogP contribution in [0.25, 0.3) is 22.4 Å². The summed E-state index contributed by atoms with van der Waals surface area (Å²) in [4.78, 5) is 21.3. The number of carbonyl (C=O) groups is 1. The van der Waals surface area contributed by atoms with Gasteiger partial charge in [-0.2, -0.15) is 0 Å². The van der Waals surface area contributed by atoms with E-state index in [0.29, 0.717) is 18.7 Å². The lowest BCUT2D eigenvalue weighted by molar-refractivity contribution is -0.115. The van der Waals surface area contributed by atoms with Gasteiger partial charge in [0, 0.05) is 48.3 Å². The number of nitrogens with one attached hydrogen (secondary N) is 1. The second kappa shape index (κ2) is 11.4. The number of aromatic nitrogens is 1. The van der Waals surface area contributed by atoms with Crippen molar-refractivity contribution in [3.05, 3.63) is 57.6 Å². The van der Waals surface area contributed by atoms with Gasteiger partial charge in [-0.3, -0.25) is 4.79 Å². The van der Waals surface area contributed by atoms with Crippen LogP contribution >= 0.6 is 11.3 Å². The van der Waals surface area contributed by atoms with Gasteiger partial charge in [0.25, 0.3) is 0 Å². The van der Waals surface area contributed by atoms with Gasteiger partial charge in [-0.25, -0.2) is 4.98 Å². The lowest BCUT2D eigenvalue weighted by Gasteiger charge is -2.19. The molecule has 0 atom stereocenters. The first-order chi connectivity index (χ1) is 17.0. The molecule has 0 fully saturated rings. The van der Waals surface area contributed by atoms with Crippen LogP contribution in [0.4, 0.5) is 17.1 Å². The molecule has 4 rings (SSSR count). The number of nitrogen functional groups attached to an aromatic ring is 1. The van der Waals surface area contributed by atoms with E-state index in [9.17, 15) is 4.79 Å². The molecule has 0 saturated heterocycles. The minimum atomic E-state index is -0.107. The van der Waals surface area contributed by atoms with Crippen LogP contribution in [-0.4, -0.2) is 44.8 Å². The first kappa shape index (κ1) is 24.8. The predicted molar refractivity (Wildman–Crippen MR) is 145 cm³/mol. The molecule has 3 N–H and O–H groups in total. The number of carbonyl (C=O) groups excluding carboxylic acids is 1. The maximum absolute atomic E-state index is 12.8. The van der Waals surface area contributed by atoms with Crippen molar-refractivity contribution in [2.45, 2.75) is 26.2 Å². The first-order valence-corrected chi connectivity index (χ1v) is 12.6. The molecule has 0 saturated carbocycles. The number of nitrogens with two attached hydrogens (primary N) is 1. The summed E-state index contributed by atoms with van der Waals surface area (Å²) in [5, 5.41) is 5.76. The lowest BCUT2D eigenvalue weighted by Crippen LogP contribution is -2.27. The number of thiophene rings is 1. The van der Waals surface area contributed by atoms with E-state index >= 15 is 0 Å². The van der Waals surface area contributed by atoms with E-state index in [4.69, 9.17) is 20.2 Å². The number of fused-ring (bicyclic) bond motifs is 2. The molecule has 1 aromatic carbocycles.